The van der Waals surface area contributed by atoms with Crippen molar-refractivity contribution in [2.24, 2.45) is 0 Å². The molecule has 0 amide bonds. The van der Waals surface area contributed by atoms with Gasteiger partial charge in [0.25, 0.3) is 0 Å². The van der Waals surface area contributed by atoms with Crippen molar-refractivity contribution in [3.8, 4) is 11.5 Å². The highest BCUT2D eigenvalue weighted by atomic mass is 35.5. The lowest BCUT2D eigenvalue weighted by Crippen LogP contribution is -1.94. The van der Waals surface area contributed by atoms with Crippen molar-refractivity contribution >= 4 is 11.6 Å². The smallest absolute Gasteiger partial charge is 0.201 e. The Morgan fingerprint density at radius 2 is 1.72 bits per heavy atom. The molecule has 0 aromatic heterocycles. The van der Waals surface area contributed by atoms with Crippen molar-refractivity contribution in [2.75, 3.05) is 0 Å². The third kappa shape index (κ3) is 2.59. The van der Waals surface area contributed by atoms with Gasteiger partial charge in [0, 0.05) is 5.88 Å². The first-order valence-electron chi connectivity index (χ1n) is 5.08. The van der Waals surface area contributed by atoms with E-state index in [0.717, 1.165) is 6.07 Å². The van der Waals surface area contributed by atoms with Gasteiger partial charge in [-0.25, -0.2) is 8.78 Å². The molecule has 0 N–H and O–H groups in total. The van der Waals surface area contributed by atoms with Crippen LogP contribution in [0, 0.1) is 17.5 Å². The van der Waals surface area contributed by atoms with Crippen molar-refractivity contribution in [2.45, 2.75) is 5.88 Å². The standard InChI is InChI=1S/C13H8ClF3O/c14-7-8-4-5-11(10(16)6-8)18-12-3-1-2-9(15)13(12)17/h1-6H,7H2. The maximum atomic E-state index is 13.6. The molecule has 5 heteroatoms. The summed E-state index contributed by atoms with van der Waals surface area (Å²) >= 11 is 5.54. The van der Waals surface area contributed by atoms with Crippen molar-refractivity contribution in [1.82, 2.24) is 0 Å². The van der Waals surface area contributed by atoms with Gasteiger partial charge in [0.15, 0.2) is 23.1 Å². The number of halogens is 4. The summed E-state index contributed by atoms with van der Waals surface area (Å²) in [7, 11) is 0. The summed E-state index contributed by atoms with van der Waals surface area (Å²) in [4.78, 5) is 0. The van der Waals surface area contributed by atoms with Crippen LogP contribution in [0.1, 0.15) is 5.56 Å². The predicted molar refractivity (Wildman–Crippen MR) is 62.4 cm³/mol. The van der Waals surface area contributed by atoms with Crippen LogP contribution in [0.2, 0.25) is 0 Å². The summed E-state index contributed by atoms with van der Waals surface area (Å²) in [6, 6.07) is 7.49. The Morgan fingerprint density at radius 1 is 0.944 bits per heavy atom. The van der Waals surface area contributed by atoms with E-state index in [9.17, 15) is 13.2 Å². The van der Waals surface area contributed by atoms with Gasteiger partial charge in [-0.2, -0.15) is 4.39 Å². The lowest BCUT2D eigenvalue weighted by molar-refractivity contribution is 0.397. The highest BCUT2D eigenvalue weighted by Crippen LogP contribution is 2.28. The third-order valence-corrected chi connectivity index (χ3v) is 2.60. The van der Waals surface area contributed by atoms with Crippen LogP contribution in [-0.2, 0) is 5.88 Å². The van der Waals surface area contributed by atoms with Gasteiger partial charge in [0.2, 0.25) is 5.82 Å². The first kappa shape index (κ1) is 12.8. The van der Waals surface area contributed by atoms with Crippen LogP contribution < -0.4 is 4.74 Å². The maximum absolute atomic E-state index is 13.6. The molecular weight excluding hydrogens is 265 g/mol. The minimum atomic E-state index is -1.15. The summed E-state index contributed by atoms with van der Waals surface area (Å²) in [5, 5.41) is 0. The van der Waals surface area contributed by atoms with E-state index in [2.05, 4.69) is 0 Å². The minimum absolute atomic E-state index is 0.158. The number of ether oxygens (including phenoxy) is 1. The van der Waals surface area contributed by atoms with E-state index in [1.807, 2.05) is 0 Å². The van der Waals surface area contributed by atoms with Crippen LogP contribution in [0.15, 0.2) is 36.4 Å². The molecule has 0 heterocycles. The second kappa shape index (κ2) is 5.31. The van der Waals surface area contributed by atoms with Gasteiger partial charge in [-0.3, -0.25) is 0 Å². The van der Waals surface area contributed by atoms with Crippen molar-refractivity contribution in [3.05, 3.63) is 59.4 Å². The molecule has 1 nitrogen and oxygen atoms in total. The number of alkyl halides is 1. The van der Waals surface area contributed by atoms with Gasteiger partial charge in [-0.1, -0.05) is 12.1 Å². The highest BCUT2D eigenvalue weighted by Gasteiger charge is 2.12. The number of benzene rings is 2. The quantitative estimate of drug-likeness (QED) is 0.740. The Morgan fingerprint density at radius 3 is 2.39 bits per heavy atom. The van der Waals surface area contributed by atoms with E-state index in [4.69, 9.17) is 16.3 Å². The number of rotatable bonds is 3. The fourth-order valence-corrected chi connectivity index (χ4v) is 1.56. The second-order valence-corrected chi connectivity index (χ2v) is 3.82. The summed E-state index contributed by atoms with van der Waals surface area (Å²) in [6.07, 6.45) is 0. The number of hydrogen-bond acceptors (Lipinski definition) is 1. The second-order valence-electron chi connectivity index (χ2n) is 3.55. The molecule has 18 heavy (non-hydrogen) atoms. The topological polar surface area (TPSA) is 9.23 Å². The Labute approximate surface area is 107 Å². The molecule has 0 bridgehead atoms. The van der Waals surface area contributed by atoms with Gasteiger partial charge in [0.1, 0.15) is 0 Å². The van der Waals surface area contributed by atoms with Gasteiger partial charge in [0.05, 0.1) is 0 Å². The Bertz CT molecular complexity index is 572. The Balaban J connectivity index is 2.31. The van der Waals surface area contributed by atoms with E-state index in [1.165, 1.54) is 24.3 Å². The van der Waals surface area contributed by atoms with E-state index in [0.29, 0.717) is 5.56 Å². The third-order valence-electron chi connectivity index (χ3n) is 2.29. The summed E-state index contributed by atoms with van der Waals surface area (Å²) in [5.74, 6) is -3.28. The molecule has 0 spiro atoms. The maximum Gasteiger partial charge on any atom is 0.201 e. The molecule has 0 atom stereocenters. The zero-order valence-corrected chi connectivity index (χ0v) is 9.85. The molecular formula is C13H8ClF3O. The fraction of sp³-hybridized carbons (Fsp3) is 0.0769. The summed E-state index contributed by atoms with van der Waals surface area (Å²) in [6.45, 7) is 0. The van der Waals surface area contributed by atoms with Crippen LogP contribution >= 0.6 is 11.6 Å². The van der Waals surface area contributed by atoms with E-state index < -0.39 is 17.5 Å². The van der Waals surface area contributed by atoms with Crippen LogP contribution in [0.3, 0.4) is 0 Å². The van der Waals surface area contributed by atoms with Gasteiger partial charge in [-0.15, -0.1) is 11.6 Å². The molecule has 0 saturated heterocycles. The first-order valence-corrected chi connectivity index (χ1v) is 5.61. The van der Waals surface area contributed by atoms with Crippen LogP contribution in [0.4, 0.5) is 13.2 Å². The fourth-order valence-electron chi connectivity index (χ4n) is 1.39. The van der Waals surface area contributed by atoms with E-state index in [1.54, 1.807) is 6.07 Å². The van der Waals surface area contributed by atoms with E-state index >= 15 is 0 Å². The number of hydrogen-bond donors (Lipinski definition) is 0. The lowest BCUT2D eigenvalue weighted by atomic mass is 10.2. The molecule has 0 aliphatic rings. The lowest BCUT2D eigenvalue weighted by Gasteiger charge is -2.08. The highest BCUT2D eigenvalue weighted by molar-refractivity contribution is 6.17. The monoisotopic (exact) mass is 272 g/mol. The first-order chi connectivity index (χ1) is 8.61. The minimum Gasteiger partial charge on any atom is -0.451 e. The molecule has 2 aromatic rings. The van der Waals surface area contributed by atoms with E-state index in [-0.39, 0.29) is 17.4 Å². The van der Waals surface area contributed by atoms with Crippen LogP contribution in [0.5, 0.6) is 11.5 Å². The largest absolute Gasteiger partial charge is 0.451 e. The van der Waals surface area contributed by atoms with Crippen molar-refractivity contribution in [1.29, 1.82) is 0 Å². The molecule has 0 radical (unpaired) electrons. The van der Waals surface area contributed by atoms with Crippen molar-refractivity contribution in [3.63, 3.8) is 0 Å². The van der Waals surface area contributed by atoms with Crippen LogP contribution in [0.25, 0.3) is 0 Å². The molecule has 0 saturated carbocycles. The zero-order chi connectivity index (χ0) is 13.1. The van der Waals surface area contributed by atoms with Crippen LogP contribution in [-0.4, -0.2) is 0 Å². The van der Waals surface area contributed by atoms with Gasteiger partial charge < -0.3 is 4.74 Å². The molecule has 94 valence electrons. The Hall–Kier alpha value is -1.68. The Kier molecular flexibility index (Phi) is 3.77. The molecule has 0 aliphatic heterocycles. The SMILES string of the molecule is Fc1cc(CCl)ccc1Oc1cccc(F)c1F. The van der Waals surface area contributed by atoms with Crippen molar-refractivity contribution < 1.29 is 17.9 Å². The predicted octanol–water partition coefficient (Wildman–Crippen LogP) is 4.64. The molecule has 2 rings (SSSR count). The average molecular weight is 273 g/mol. The molecule has 0 unspecified atom stereocenters. The van der Waals surface area contributed by atoms with Gasteiger partial charge >= 0.3 is 0 Å². The van der Waals surface area contributed by atoms with Gasteiger partial charge in [-0.05, 0) is 29.8 Å². The summed E-state index contributed by atoms with van der Waals surface area (Å²) in [5.41, 5.74) is 0.571. The summed E-state index contributed by atoms with van der Waals surface area (Å²) < 4.78 is 44.8. The average Bonchev–Trinajstić information content (AvgIpc) is 2.37. The molecule has 2 aromatic carbocycles. The zero-order valence-electron chi connectivity index (χ0n) is 9.09. The normalized spacial score (nSPS) is 10.4. The molecule has 0 fully saturated rings. The molecule has 0 aliphatic carbocycles.